The molecule has 1 unspecified atom stereocenters. The van der Waals surface area contributed by atoms with Crippen molar-refractivity contribution in [3.8, 4) is 0 Å². The van der Waals surface area contributed by atoms with Crippen LogP contribution in [0.3, 0.4) is 0 Å². The Morgan fingerprint density at radius 2 is 1.86 bits per heavy atom. The molecule has 2 aromatic carbocycles. The highest BCUT2D eigenvalue weighted by Crippen LogP contribution is 2.35. The van der Waals surface area contributed by atoms with Crippen molar-refractivity contribution in [2.24, 2.45) is 0 Å². The van der Waals surface area contributed by atoms with Crippen molar-refractivity contribution in [1.29, 1.82) is 0 Å². The molecule has 5 rings (SSSR count). The maximum absolute atomic E-state index is 13.5. The van der Waals surface area contributed by atoms with E-state index in [0.717, 1.165) is 23.9 Å². The fraction of sp³-hybridized carbons (Fsp3) is 0.346. The van der Waals surface area contributed by atoms with Crippen molar-refractivity contribution in [3.05, 3.63) is 74.9 Å². The molecule has 2 heterocycles. The van der Waals surface area contributed by atoms with Crippen LogP contribution in [-0.2, 0) is 11.3 Å². The quantitative estimate of drug-likeness (QED) is 0.429. The second-order valence-corrected chi connectivity index (χ2v) is 9.28. The Balaban J connectivity index is 1.63. The molecule has 1 N–H and O–H groups in total. The number of aromatic nitrogens is 4. The lowest BCUT2D eigenvalue weighted by Gasteiger charge is -2.16. The molecule has 0 spiro atoms. The molecule has 10 nitrogen and oxygen atoms in total. The number of benzene rings is 2. The minimum absolute atomic E-state index is 0.0193. The van der Waals surface area contributed by atoms with Gasteiger partial charge in [0.1, 0.15) is 6.54 Å². The van der Waals surface area contributed by atoms with Gasteiger partial charge in [-0.2, -0.15) is 0 Å². The number of rotatable bonds is 7. The summed E-state index contributed by atoms with van der Waals surface area (Å²) in [7, 11) is 1.64. The lowest BCUT2D eigenvalue weighted by Crippen LogP contribution is -2.34. The van der Waals surface area contributed by atoms with Gasteiger partial charge in [0.15, 0.2) is 0 Å². The maximum Gasteiger partial charge on any atom is 0.352 e. The summed E-state index contributed by atoms with van der Waals surface area (Å²) >= 11 is 0. The standard InChI is InChI=1S/C26H28N6O4/c1-4-16(2)27-23(34)17-10-13-20-21(14-17)32-25(31(24(20)35)19-11-12-19)28-30(26(32)36)15-22(33)29(3)18-8-6-5-7-9-18/h5-10,13-14,16,19H,4,11-12,15H2,1-3H3,(H,27,34). The van der Waals surface area contributed by atoms with Crippen molar-refractivity contribution in [1.82, 2.24) is 24.1 Å². The van der Waals surface area contributed by atoms with Crippen LogP contribution in [0.2, 0.25) is 0 Å². The molecule has 2 amide bonds. The van der Waals surface area contributed by atoms with Crippen molar-refractivity contribution in [2.45, 2.75) is 51.7 Å². The second kappa shape index (κ2) is 9.10. The Morgan fingerprint density at radius 3 is 2.53 bits per heavy atom. The Hall–Kier alpha value is -4.21. The third kappa shape index (κ3) is 4.08. The van der Waals surface area contributed by atoms with E-state index in [0.29, 0.717) is 22.2 Å². The average Bonchev–Trinajstić information content (AvgIpc) is 3.67. The molecule has 2 aromatic heterocycles. The van der Waals surface area contributed by atoms with Crippen molar-refractivity contribution >= 4 is 34.2 Å². The second-order valence-electron chi connectivity index (χ2n) is 9.28. The van der Waals surface area contributed by atoms with Crippen LogP contribution in [-0.4, -0.2) is 43.7 Å². The molecule has 0 aliphatic heterocycles. The van der Waals surface area contributed by atoms with E-state index in [-0.39, 0.29) is 41.8 Å². The Morgan fingerprint density at radius 1 is 1.14 bits per heavy atom. The smallest absolute Gasteiger partial charge is 0.350 e. The highest BCUT2D eigenvalue weighted by molar-refractivity contribution is 5.98. The van der Waals surface area contributed by atoms with Crippen LogP contribution in [0.1, 0.15) is 49.5 Å². The van der Waals surface area contributed by atoms with Gasteiger partial charge in [0.2, 0.25) is 11.7 Å². The first-order valence-corrected chi connectivity index (χ1v) is 12.1. The number of amides is 2. The van der Waals surface area contributed by atoms with Crippen LogP contribution in [0.4, 0.5) is 5.69 Å². The van der Waals surface area contributed by atoms with Crippen LogP contribution in [0.5, 0.6) is 0 Å². The van der Waals surface area contributed by atoms with Gasteiger partial charge in [-0.25, -0.2) is 13.9 Å². The number of nitrogens with one attached hydrogen (secondary N) is 1. The van der Waals surface area contributed by atoms with Crippen LogP contribution in [0.15, 0.2) is 58.1 Å². The number of nitrogens with zero attached hydrogens (tertiary/aromatic N) is 5. The van der Waals surface area contributed by atoms with Crippen LogP contribution in [0.25, 0.3) is 16.7 Å². The van der Waals surface area contributed by atoms with Crippen molar-refractivity contribution in [2.75, 3.05) is 11.9 Å². The first-order valence-electron chi connectivity index (χ1n) is 12.1. The SMILES string of the molecule is CCC(C)NC(=O)c1ccc2c(=O)n(C3CC3)c3nn(CC(=O)N(C)c4ccccc4)c(=O)n3c2c1. The zero-order chi connectivity index (χ0) is 25.6. The average molecular weight is 489 g/mol. The third-order valence-corrected chi connectivity index (χ3v) is 6.69. The Labute approximate surface area is 206 Å². The van der Waals surface area contributed by atoms with Gasteiger partial charge < -0.3 is 10.2 Å². The van der Waals surface area contributed by atoms with E-state index in [4.69, 9.17) is 0 Å². The van der Waals surface area contributed by atoms with Crippen LogP contribution in [0, 0.1) is 0 Å². The first-order chi connectivity index (χ1) is 17.3. The monoisotopic (exact) mass is 488 g/mol. The number of para-hydroxylation sites is 1. The molecular formula is C26H28N6O4. The van der Waals surface area contributed by atoms with Gasteiger partial charge in [-0.05, 0) is 56.5 Å². The summed E-state index contributed by atoms with van der Waals surface area (Å²) in [5.74, 6) is -0.439. The summed E-state index contributed by atoms with van der Waals surface area (Å²) in [6.45, 7) is 3.59. The van der Waals surface area contributed by atoms with E-state index in [1.807, 2.05) is 32.0 Å². The fourth-order valence-corrected chi connectivity index (χ4v) is 4.23. The summed E-state index contributed by atoms with van der Waals surface area (Å²) in [5.41, 5.74) is 0.519. The molecule has 186 valence electrons. The molecule has 1 atom stereocenters. The highest BCUT2D eigenvalue weighted by Gasteiger charge is 2.30. The number of carbonyl (C=O) groups excluding carboxylic acids is 2. The lowest BCUT2D eigenvalue weighted by molar-refractivity contribution is -0.119. The van der Waals surface area contributed by atoms with E-state index in [9.17, 15) is 19.2 Å². The van der Waals surface area contributed by atoms with Gasteiger partial charge in [0, 0.05) is 30.4 Å². The molecule has 4 aromatic rings. The summed E-state index contributed by atoms with van der Waals surface area (Å²) in [5, 5.41) is 7.65. The molecule has 1 fully saturated rings. The number of hydrogen-bond acceptors (Lipinski definition) is 5. The zero-order valence-corrected chi connectivity index (χ0v) is 20.5. The minimum atomic E-state index is -0.543. The molecular weight excluding hydrogens is 460 g/mol. The lowest BCUT2D eigenvalue weighted by atomic mass is 10.1. The van der Waals surface area contributed by atoms with Crippen molar-refractivity contribution < 1.29 is 9.59 Å². The van der Waals surface area contributed by atoms with Gasteiger partial charge >= 0.3 is 5.69 Å². The number of carbonyl (C=O) groups is 2. The third-order valence-electron chi connectivity index (χ3n) is 6.69. The summed E-state index contributed by atoms with van der Waals surface area (Å²) < 4.78 is 3.95. The van der Waals surface area contributed by atoms with E-state index in [1.54, 1.807) is 37.4 Å². The number of likely N-dealkylation sites (N-methyl/N-ethyl adjacent to an activating group) is 1. The van der Waals surface area contributed by atoms with Gasteiger partial charge in [0.05, 0.1) is 10.9 Å². The molecule has 1 aliphatic carbocycles. The van der Waals surface area contributed by atoms with Gasteiger partial charge in [-0.3, -0.25) is 19.0 Å². The van der Waals surface area contributed by atoms with Gasteiger partial charge in [-0.15, -0.1) is 5.10 Å². The summed E-state index contributed by atoms with van der Waals surface area (Å²) in [6.07, 6.45) is 2.40. The van der Waals surface area contributed by atoms with Crippen molar-refractivity contribution in [3.63, 3.8) is 0 Å². The topological polar surface area (TPSA) is 111 Å². The Bertz CT molecular complexity index is 1600. The zero-order valence-electron chi connectivity index (χ0n) is 20.5. The summed E-state index contributed by atoms with van der Waals surface area (Å²) in [6, 6.07) is 13.8. The van der Waals surface area contributed by atoms with E-state index >= 15 is 0 Å². The predicted molar refractivity (Wildman–Crippen MR) is 137 cm³/mol. The van der Waals surface area contributed by atoms with Gasteiger partial charge in [-0.1, -0.05) is 25.1 Å². The molecule has 0 bridgehead atoms. The molecule has 0 radical (unpaired) electrons. The Kier molecular flexibility index (Phi) is 5.95. The largest absolute Gasteiger partial charge is 0.352 e. The number of hydrogen-bond donors (Lipinski definition) is 1. The minimum Gasteiger partial charge on any atom is -0.350 e. The van der Waals surface area contributed by atoms with Crippen LogP contribution >= 0.6 is 0 Å². The molecule has 10 heteroatoms. The van der Waals surface area contributed by atoms with Gasteiger partial charge in [0.25, 0.3) is 11.5 Å². The van der Waals surface area contributed by atoms with E-state index < -0.39 is 5.69 Å². The van der Waals surface area contributed by atoms with E-state index in [2.05, 4.69) is 10.4 Å². The fourth-order valence-electron chi connectivity index (χ4n) is 4.23. The van der Waals surface area contributed by atoms with E-state index in [1.165, 1.54) is 13.9 Å². The predicted octanol–water partition coefficient (Wildman–Crippen LogP) is 2.34. The number of anilines is 1. The molecule has 36 heavy (non-hydrogen) atoms. The number of fused-ring (bicyclic) bond motifs is 3. The maximum atomic E-state index is 13.5. The highest BCUT2D eigenvalue weighted by atomic mass is 16.2. The molecule has 1 aliphatic rings. The normalized spacial score (nSPS) is 14.2. The molecule has 0 saturated heterocycles. The first kappa shape index (κ1) is 23.5. The van der Waals surface area contributed by atoms with Crippen LogP contribution < -0.4 is 21.5 Å². The molecule has 1 saturated carbocycles. The summed E-state index contributed by atoms with van der Waals surface area (Å²) in [4.78, 5) is 54.1.